The molecule has 734 valence electrons. The van der Waals surface area contributed by atoms with Gasteiger partial charge in [0, 0.05) is 0 Å². The fourth-order valence-electron chi connectivity index (χ4n) is 13.4. The van der Waals surface area contributed by atoms with Crippen LogP contribution in [0.2, 0.25) is 0 Å². The number of halogens is 8. The second kappa shape index (κ2) is 65.5. The number of nitrogens with zero attached hydrogens (tertiary/aromatic N) is 1. The minimum atomic E-state index is -0.100. The summed E-state index contributed by atoms with van der Waals surface area (Å²) in [4.78, 5) is 0. The van der Waals surface area contributed by atoms with Crippen molar-refractivity contribution in [1.29, 1.82) is 5.26 Å². The number of rotatable bonds is 30. The van der Waals surface area contributed by atoms with Crippen molar-refractivity contribution >= 4 is 6.08 Å². The van der Waals surface area contributed by atoms with Gasteiger partial charge in [0.05, 0.1) is 24.8 Å². The van der Waals surface area contributed by atoms with Gasteiger partial charge in [-0.25, -0.2) is 0 Å². The predicted molar refractivity (Wildman–Crippen MR) is 572 cm³/mol. The topological polar surface area (TPSA) is 71.7 Å². The number of hydrogen-bond acceptors (Lipinski definition) is 5. The van der Waals surface area contributed by atoms with Crippen LogP contribution >= 0.6 is 0 Å². The number of nitriles is 1. The molecule has 0 saturated heterocycles. The number of ether oxygens (including phenoxy) is 3. The first kappa shape index (κ1) is 114. The molecule has 0 saturated carbocycles. The quantitative estimate of drug-likeness (QED) is 0.0457. The highest BCUT2D eigenvalue weighted by atomic mass is 127. The maximum Gasteiger partial charge on any atom is 0.357 e. The van der Waals surface area contributed by atoms with Crippen molar-refractivity contribution in [2.75, 3.05) is 0 Å². The van der Waals surface area contributed by atoms with E-state index < -0.39 is 0 Å². The highest BCUT2D eigenvalue weighted by Crippen LogP contribution is 2.22. The Morgan fingerprint density at radius 3 is 0.733 bits per heavy atom. The summed E-state index contributed by atoms with van der Waals surface area (Å²) in [5.74, 6) is 5.52. The fourth-order valence-corrected chi connectivity index (χ4v) is 31.0. The number of aryl methyl sites for hydroxylation is 1. The van der Waals surface area contributed by atoms with E-state index in [2.05, 4.69) is 457 Å². The van der Waals surface area contributed by atoms with Gasteiger partial charge >= 0.3 is 170 Å². The van der Waals surface area contributed by atoms with E-state index in [1.165, 1.54) is 107 Å². The molecule has 0 aliphatic carbocycles. The van der Waals surface area contributed by atoms with Gasteiger partial charge in [0.25, 0.3) is 0 Å². The van der Waals surface area contributed by atoms with Crippen LogP contribution in [0.15, 0.2) is 516 Å². The molecule has 19 aromatic rings. The Kier molecular flexibility index (Phi) is 51.2. The summed E-state index contributed by atoms with van der Waals surface area (Å²) in [7, 11) is 0. The zero-order chi connectivity index (χ0) is 102. The van der Waals surface area contributed by atoms with Crippen LogP contribution in [-0.2, 0) is 24.6 Å². The molecular weight excluding hydrogens is 2690 g/mol. The molecule has 0 spiro atoms. The summed E-state index contributed by atoms with van der Waals surface area (Å²) in [6, 6.07) is 181. The normalized spacial score (nSPS) is 10.4. The fraction of sp³-hybridized carbons (Fsp3) is 0.120. The first-order valence-electron chi connectivity index (χ1n) is 48.6. The average molecular weight is 2820 g/mol. The molecule has 5 nitrogen and oxygen atoms in total. The van der Waals surface area contributed by atoms with Crippen LogP contribution in [0.25, 0.3) is 6.08 Å². The predicted octanol–water partition coefficient (Wildman–Crippen LogP) is 8.63. The maximum atomic E-state index is 9.13. The van der Waals surface area contributed by atoms with Gasteiger partial charge in [-0.2, -0.15) is 5.26 Å². The van der Waals surface area contributed by atoms with Gasteiger partial charge in [0.2, 0.25) is 0 Å². The molecule has 0 unspecified atom stereocenters. The monoisotopic (exact) mass is 2820 g/mol. The molecule has 0 amide bonds. The molecule has 0 radical (unpaired) electrons. The standard InChI is InChI=1S/C20H18IO.C19H16IO.C18H14IO.C18H22I.C17H18I.C16H18I.C13H9IN.C12H9IO/c1-3-7-17(8-4-1)15-22-16-18-11-13-20(14-12-18)21-19-9-5-2-6-10-19;1-3-7-16(8-4-1)15-21-19-13-11-18(12-14-19)20-17-9-5-2-6-10-17;1-3-7-15(8-4-1)19-16-11-13-18(14-12-16)20-17-9-5-2-6-10-17;1-13(2)15-5-9-17(10-6-15)19-18-11-7-16(8-12-18)14(3)4;1-4-14-5-9-16(10-6-14)18-17-11-7-15(8-12-17)13(2)3;1-12(2)14-6-10-16(11-7-14)17-15-8-4-13(3)5-9-15;15-10-11-6-8-13(9-7-11)14-12-4-2-1-3-5-12;14-12-8-6-11(7-9-12)13-10-4-2-1-3-5-10/h1-14H,15-16H2;1-14H,15H2;1-14H;5-14H,1-4H3;4-13H,1H2,2-3H3;4-12H,1-3H3;1-9H;1-9H/q7*+1;/p+1. The van der Waals surface area contributed by atoms with Crippen molar-refractivity contribution in [1.82, 2.24) is 0 Å². The van der Waals surface area contributed by atoms with Gasteiger partial charge < -0.3 is 19.3 Å². The smallest absolute Gasteiger partial charge is 0.357 e. The summed E-state index contributed by atoms with van der Waals surface area (Å²) in [5.41, 5.74) is 12.6. The average Bonchev–Trinajstić information content (AvgIpc) is 1.03. The van der Waals surface area contributed by atoms with Crippen molar-refractivity contribution in [2.24, 2.45) is 0 Å². The third-order valence-electron chi connectivity index (χ3n) is 21.6. The number of benzene rings is 19. The molecule has 19 rings (SSSR count). The first-order valence-corrected chi connectivity index (χ1v) is 65.8. The summed E-state index contributed by atoms with van der Waals surface area (Å²) in [5, 5.41) is 17.8. The number of para-hydroxylation sites is 1. The van der Waals surface area contributed by atoms with E-state index in [1.54, 1.807) is 12.1 Å². The second-order valence-corrected chi connectivity index (χ2v) is 58.7. The molecule has 19 aromatic carbocycles. The van der Waals surface area contributed by atoms with Crippen molar-refractivity contribution in [3.8, 4) is 29.1 Å². The van der Waals surface area contributed by atoms with E-state index in [1.807, 2.05) is 121 Å². The summed E-state index contributed by atoms with van der Waals surface area (Å²) >= 11 is -0.573. The lowest BCUT2D eigenvalue weighted by Crippen LogP contribution is -3.61. The Morgan fingerprint density at radius 2 is 0.452 bits per heavy atom. The first-order chi connectivity index (χ1) is 71.3. The number of aromatic hydroxyl groups is 1. The Morgan fingerprint density at radius 1 is 0.240 bits per heavy atom. The zero-order valence-electron chi connectivity index (χ0n) is 83.9. The van der Waals surface area contributed by atoms with Crippen LogP contribution in [0.5, 0.6) is 23.0 Å². The maximum absolute atomic E-state index is 9.13. The van der Waals surface area contributed by atoms with E-state index >= 15 is 0 Å². The van der Waals surface area contributed by atoms with Crippen LogP contribution in [-0.4, -0.2) is 5.11 Å². The summed E-state index contributed by atoms with van der Waals surface area (Å²) < 4.78 is 40.4. The van der Waals surface area contributed by atoms with Gasteiger partial charge in [0.15, 0.2) is 57.1 Å². The minimum absolute atomic E-state index is 0.0167. The van der Waals surface area contributed by atoms with Crippen LogP contribution in [0.1, 0.15) is 135 Å². The van der Waals surface area contributed by atoms with Gasteiger partial charge in [0.1, 0.15) is 29.6 Å². The van der Waals surface area contributed by atoms with Crippen LogP contribution in [0.3, 0.4) is 0 Å². The summed E-state index contributed by atoms with van der Waals surface area (Å²) in [6.07, 6.45) is 1.89. The Bertz CT molecular complexity index is 6760. The molecule has 1 N–H and O–H groups in total. The van der Waals surface area contributed by atoms with Gasteiger partial charge in [-0.15, -0.1) is 0 Å². The van der Waals surface area contributed by atoms with Gasteiger partial charge in [-0.3, -0.25) is 0 Å². The van der Waals surface area contributed by atoms with Crippen LogP contribution < -0.4 is 179 Å². The molecule has 13 heteroatoms. The second-order valence-electron chi connectivity index (χ2n) is 34.4. The molecule has 0 aromatic heterocycles. The molecule has 146 heavy (non-hydrogen) atoms. The third kappa shape index (κ3) is 44.2. The number of phenolic OH excluding ortho intramolecular Hbond substituents is 1. The molecule has 0 atom stereocenters. The van der Waals surface area contributed by atoms with Crippen LogP contribution in [0.4, 0.5) is 0 Å². The number of phenols is 1. The van der Waals surface area contributed by atoms with Crippen molar-refractivity contribution in [2.45, 2.75) is 106 Å². The van der Waals surface area contributed by atoms with Gasteiger partial charge in [-0.1, -0.05) is 328 Å². The van der Waals surface area contributed by atoms with Crippen LogP contribution in [0, 0.1) is 75.4 Å². The molecule has 0 bridgehead atoms. The SMILES string of the molecule is C=Cc1ccc([I+]c2ccc(C(C)C)cc2)cc1.CC(C)c1ccc([I+]c2ccc(C(C)C)cc2)cc1.Cc1ccc([I+]c2ccc(C(C)C)cc2)cc1.N#Cc1ccc([I+]c2ccccc2)cc1.Oc1ccc([I+]c2ccccc2)cc1.c1ccc(COCc2ccc([I+]c3ccccc3)cc2)cc1.c1ccc(COc2ccc([I+]c3ccccc3)cc2)cc1.c1ccc(Oc2ccc([I+]c3ccccc3)cc2)cc1. The number of hydrogen-bond donors (Lipinski definition) is 1. The highest BCUT2D eigenvalue weighted by Gasteiger charge is 2.23. The lowest BCUT2D eigenvalue weighted by Gasteiger charge is -2.05. The van der Waals surface area contributed by atoms with E-state index in [0.29, 0.717) is 49.2 Å². The third-order valence-corrected chi connectivity index (χ3v) is 43.1. The Balaban J connectivity index is 0.000000149. The van der Waals surface area contributed by atoms with Crippen molar-refractivity contribution in [3.63, 3.8) is 0 Å². The zero-order valence-corrected chi connectivity index (χ0v) is 101. The minimum Gasteiger partial charge on any atom is -0.508 e. The van der Waals surface area contributed by atoms with E-state index in [-0.39, 0.29) is 170 Å². The highest BCUT2D eigenvalue weighted by molar-refractivity contribution is 5.46. The lowest BCUT2D eigenvalue weighted by molar-refractivity contribution is -0.597. The van der Waals surface area contributed by atoms with Crippen molar-refractivity contribution in [3.05, 3.63) is 629 Å². The van der Waals surface area contributed by atoms with Gasteiger partial charge in [-0.05, 0) is 330 Å². The van der Waals surface area contributed by atoms with Crippen molar-refractivity contribution < 1.29 is 189 Å². The van der Waals surface area contributed by atoms with E-state index in [4.69, 9.17) is 24.6 Å². The summed E-state index contributed by atoms with van der Waals surface area (Å²) in [6.45, 7) is 25.8. The Labute approximate surface area is 951 Å². The Hall–Kier alpha value is -10.4. The van der Waals surface area contributed by atoms with E-state index in [9.17, 15) is 0 Å². The molecule has 0 aliphatic rings. The molecular formula is C133H125I8NO4+8. The largest absolute Gasteiger partial charge is 0.508 e. The molecule has 0 heterocycles. The lowest BCUT2D eigenvalue weighted by atomic mass is 10.0. The molecule has 0 fully saturated rings. The molecule has 0 aliphatic heterocycles. The van der Waals surface area contributed by atoms with E-state index in [0.717, 1.165) is 22.8 Å².